The van der Waals surface area contributed by atoms with Crippen molar-refractivity contribution in [2.24, 2.45) is 0 Å². The van der Waals surface area contributed by atoms with Crippen LogP contribution in [0.2, 0.25) is 0 Å². The lowest BCUT2D eigenvalue weighted by Gasteiger charge is -2.26. The molecule has 0 atom stereocenters. The number of carbonyl (C=O) groups excluding carboxylic acids is 1. The zero-order valence-electron chi connectivity index (χ0n) is 10.8. The molecule has 0 N–H and O–H groups in total. The zero-order valence-corrected chi connectivity index (χ0v) is 10.8. The van der Waals surface area contributed by atoms with Gasteiger partial charge < -0.3 is 9.64 Å². The summed E-state index contributed by atoms with van der Waals surface area (Å²) in [6, 6.07) is 2.30. The van der Waals surface area contributed by atoms with Gasteiger partial charge in [0, 0.05) is 12.6 Å². The van der Waals surface area contributed by atoms with Gasteiger partial charge in [-0.2, -0.15) is 5.26 Å². The van der Waals surface area contributed by atoms with Crippen LogP contribution < -0.4 is 4.90 Å². The number of carbonyl (C=O) groups is 1. The molecule has 0 saturated carbocycles. The van der Waals surface area contributed by atoms with Crippen molar-refractivity contribution in [3.05, 3.63) is 18.1 Å². The molecule has 0 aliphatic heterocycles. The third-order valence-corrected chi connectivity index (χ3v) is 2.41. The SMILES string of the molecule is COC(=O)c1cnc(N(CCC#N)C(C)C)cn1. The molecular formula is C12H16N4O2. The number of esters is 1. The molecule has 6 heteroatoms. The first-order valence-electron chi connectivity index (χ1n) is 5.64. The minimum atomic E-state index is -0.512. The molecule has 1 heterocycles. The van der Waals surface area contributed by atoms with Crippen LogP contribution >= 0.6 is 0 Å². The lowest BCUT2D eigenvalue weighted by atomic mass is 10.3. The highest BCUT2D eigenvalue weighted by Crippen LogP contribution is 2.13. The van der Waals surface area contributed by atoms with E-state index in [4.69, 9.17) is 5.26 Å². The fourth-order valence-corrected chi connectivity index (χ4v) is 1.49. The highest BCUT2D eigenvalue weighted by Gasteiger charge is 2.14. The van der Waals surface area contributed by atoms with Crippen LogP contribution in [0.25, 0.3) is 0 Å². The molecule has 0 saturated heterocycles. The standard InChI is InChI=1S/C12H16N4O2/c1-9(2)16(6-4-5-13)11-8-14-10(7-15-11)12(17)18-3/h7-9H,4,6H2,1-3H3. The molecular weight excluding hydrogens is 232 g/mol. The number of rotatable bonds is 5. The van der Waals surface area contributed by atoms with Crippen LogP contribution in [0.1, 0.15) is 30.8 Å². The molecule has 96 valence electrons. The Balaban J connectivity index is 2.87. The van der Waals surface area contributed by atoms with E-state index in [9.17, 15) is 4.79 Å². The predicted molar refractivity (Wildman–Crippen MR) is 66.1 cm³/mol. The van der Waals surface area contributed by atoms with Crippen molar-refractivity contribution in [1.82, 2.24) is 9.97 Å². The quantitative estimate of drug-likeness (QED) is 0.733. The van der Waals surface area contributed by atoms with E-state index in [1.54, 1.807) is 0 Å². The number of hydrogen-bond donors (Lipinski definition) is 0. The maximum absolute atomic E-state index is 11.2. The number of nitrogens with zero attached hydrogens (tertiary/aromatic N) is 4. The predicted octanol–water partition coefficient (Wildman–Crippen LogP) is 1.39. The Labute approximate surface area is 106 Å². The summed E-state index contributed by atoms with van der Waals surface area (Å²) in [4.78, 5) is 21.3. The fourth-order valence-electron chi connectivity index (χ4n) is 1.49. The first kappa shape index (κ1) is 13.9. The van der Waals surface area contributed by atoms with Gasteiger partial charge in [-0.15, -0.1) is 0 Å². The molecule has 0 radical (unpaired) electrons. The van der Waals surface area contributed by atoms with Gasteiger partial charge in [0.2, 0.25) is 0 Å². The molecule has 0 aromatic carbocycles. The Hall–Kier alpha value is -2.16. The molecule has 0 unspecified atom stereocenters. The van der Waals surface area contributed by atoms with Crippen LogP contribution in [0.4, 0.5) is 5.82 Å². The molecule has 1 aromatic rings. The Morgan fingerprint density at radius 3 is 2.67 bits per heavy atom. The summed E-state index contributed by atoms with van der Waals surface area (Å²) >= 11 is 0. The summed E-state index contributed by atoms with van der Waals surface area (Å²) in [5.41, 5.74) is 0.172. The maximum Gasteiger partial charge on any atom is 0.358 e. The number of ether oxygens (including phenoxy) is 1. The van der Waals surface area contributed by atoms with Gasteiger partial charge in [-0.1, -0.05) is 0 Å². The number of anilines is 1. The van der Waals surface area contributed by atoms with E-state index in [-0.39, 0.29) is 11.7 Å². The summed E-state index contributed by atoms with van der Waals surface area (Å²) in [5.74, 6) is 0.134. The normalized spacial score (nSPS) is 9.94. The summed E-state index contributed by atoms with van der Waals surface area (Å²) in [6.07, 6.45) is 3.31. The van der Waals surface area contributed by atoms with Crippen molar-refractivity contribution in [3.63, 3.8) is 0 Å². The average Bonchev–Trinajstić information content (AvgIpc) is 2.38. The van der Waals surface area contributed by atoms with E-state index in [0.717, 1.165) is 0 Å². The first-order chi connectivity index (χ1) is 8.60. The molecule has 1 rings (SSSR count). The van der Waals surface area contributed by atoms with E-state index in [0.29, 0.717) is 18.8 Å². The zero-order chi connectivity index (χ0) is 13.5. The van der Waals surface area contributed by atoms with Gasteiger partial charge in [0.25, 0.3) is 0 Å². The van der Waals surface area contributed by atoms with E-state index < -0.39 is 5.97 Å². The van der Waals surface area contributed by atoms with Crippen LogP contribution in [0.15, 0.2) is 12.4 Å². The van der Waals surface area contributed by atoms with E-state index in [1.165, 1.54) is 19.5 Å². The van der Waals surface area contributed by atoms with E-state index >= 15 is 0 Å². The highest BCUT2D eigenvalue weighted by atomic mass is 16.5. The molecule has 0 aliphatic carbocycles. The molecule has 18 heavy (non-hydrogen) atoms. The van der Waals surface area contributed by atoms with E-state index in [2.05, 4.69) is 20.8 Å². The van der Waals surface area contributed by atoms with Gasteiger partial charge in [0.15, 0.2) is 5.69 Å². The minimum absolute atomic E-state index is 0.172. The second-order valence-electron chi connectivity index (χ2n) is 3.95. The summed E-state index contributed by atoms with van der Waals surface area (Å²) in [5, 5.41) is 8.62. The van der Waals surface area contributed by atoms with Crippen LogP contribution in [0.3, 0.4) is 0 Å². The topological polar surface area (TPSA) is 79.1 Å². The Bertz CT molecular complexity index is 436. The Morgan fingerprint density at radius 1 is 1.50 bits per heavy atom. The smallest absolute Gasteiger partial charge is 0.358 e. The van der Waals surface area contributed by atoms with Crippen LogP contribution in [-0.2, 0) is 4.74 Å². The lowest BCUT2D eigenvalue weighted by Crippen LogP contribution is -2.32. The molecule has 0 bridgehead atoms. The van der Waals surface area contributed by atoms with Crippen molar-refractivity contribution in [1.29, 1.82) is 5.26 Å². The number of aromatic nitrogens is 2. The maximum atomic E-state index is 11.2. The van der Waals surface area contributed by atoms with Crippen molar-refractivity contribution in [2.45, 2.75) is 26.3 Å². The third-order valence-electron chi connectivity index (χ3n) is 2.41. The molecule has 0 fully saturated rings. The second-order valence-corrected chi connectivity index (χ2v) is 3.95. The van der Waals surface area contributed by atoms with E-state index in [1.807, 2.05) is 18.7 Å². The second kappa shape index (κ2) is 6.55. The van der Waals surface area contributed by atoms with Gasteiger partial charge in [-0.3, -0.25) is 0 Å². The molecule has 6 nitrogen and oxygen atoms in total. The van der Waals surface area contributed by atoms with Gasteiger partial charge >= 0.3 is 5.97 Å². The average molecular weight is 248 g/mol. The Morgan fingerprint density at radius 2 is 2.22 bits per heavy atom. The Kier molecular flexibility index (Phi) is 5.06. The van der Waals surface area contributed by atoms with Crippen LogP contribution in [0.5, 0.6) is 0 Å². The van der Waals surface area contributed by atoms with Crippen LogP contribution in [0, 0.1) is 11.3 Å². The first-order valence-corrected chi connectivity index (χ1v) is 5.64. The molecule has 1 aromatic heterocycles. The molecule has 0 amide bonds. The number of nitriles is 1. The molecule has 0 spiro atoms. The molecule has 0 aliphatic rings. The summed E-state index contributed by atoms with van der Waals surface area (Å²) in [7, 11) is 1.30. The van der Waals surface area contributed by atoms with Gasteiger partial charge in [0.1, 0.15) is 5.82 Å². The lowest BCUT2D eigenvalue weighted by molar-refractivity contribution is 0.0593. The highest BCUT2D eigenvalue weighted by molar-refractivity contribution is 5.86. The van der Waals surface area contributed by atoms with Crippen molar-refractivity contribution < 1.29 is 9.53 Å². The van der Waals surface area contributed by atoms with Gasteiger partial charge in [-0.05, 0) is 13.8 Å². The summed E-state index contributed by atoms with van der Waals surface area (Å²) < 4.78 is 4.55. The van der Waals surface area contributed by atoms with Crippen molar-refractivity contribution >= 4 is 11.8 Å². The number of methoxy groups -OCH3 is 1. The largest absolute Gasteiger partial charge is 0.464 e. The number of hydrogen-bond acceptors (Lipinski definition) is 6. The minimum Gasteiger partial charge on any atom is -0.464 e. The van der Waals surface area contributed by atoms with Crippen molar-refractivity contribution in [3.8, 4) is 6.07 Å². The monoisotopic (exact) mass is 248 g/mol. The van der Waals surface area contributed by atoms with Crippen molar-refractivity contribution in [2.75, 3.05) is 18.6 Å². The fraction of sp³-hybridized carbons (Fsp3) is 0.500. The van der Waals surface area contributed by atoms with Gasteiger partial charge in [0.05, 0.1) is 32.0 Å². The third kappa shape index (κ3) is 3.42. The van der Waals surface area contributed by atoms with Gasteiger partial charge in [-0.25, -0.2) is 14.8 Å². The summed E-state index contributed by atoms with van der Waals surface area (Å²) in [6.45, 7) is 4.60. The van der Waals surface area contributed by atoms with Crippen LogP contribution in [-0.4, -0.2) is 35.6 Å².